The first kappa shape index (κ1) is 18.1. The Morgan fingerprint density at radius 2 is 1.92 bits per heavy atom. The van der Waals surface area contributed by atoms with Crippen molar-refractivity contribution in [2.45, 2.75) is 26.3 Å². The van der Waals surface area contributed by atoms with Crippen LogP contribution in [0.2, 0.25) is 0 Å². The predicted octanol–water partition coefficient (Wildman–Crippen LogP) is 2.05. The molecule has 1 aliphatic rings. The highest BCUT2D eigenvalue weighted by Crippen LogP contribution is 2.19. The molecule has 6 heteroatoms. The monoisotopic (exact) mass is 333 g/mol. The van der Waals surface area contributed by atoms with Crippen molar-refractivity contribution >= 4 is 11.9 Å². The second-order valence-electron chi connectivity index (χ2n) is 5.80. The number of benzene rings is 1. The SMILES string of the molecule is CCNC(=NCc1ccc(OC)cc1)N1CCC(C(=O)OC)CC1. The molecule has 0 aliphatic carbocycles. The lowest BCUT2D eigenvalue weighted by Gasteiger charge is -2.33. The number of rotatable bonds is 5. The Bertz CT molecular complexity index is 549. The molecule has 0 radical (unpaired) electrons. The van der Waals surface area contributed by atoms with E-state index in [4.69, 9.17) is 14.5 Å². The Morgan fingerprint density at radius 3 is 2.46 bits per heavy atom. The third kappa shape index (κ3) is 4.88. The molecule has 132 valence electrons. The number of likely N-dealkylation sites (tertiary alicyclic amines) is 1. The number of aliphatic imine (C=N–C) groups is 1. The molecule has 24 heavy (non-hydrogen) atoms. The Balaban J connectivity index is 1.96. The largest absolute Gasteiger partial charge is 0.497 e. The molecule has 1 fully saturated rings. The van der Waals surface area contributed by atoms with E-state index in [2.05, 4.69) is 17.1 Å². The van der Waals surface area contributed by atoms with Gasteiger partial charge in [-0.15, -0.1) is 0 Å². The normalized spacial score (nSPS) is 16.0. The van der Waals surface area contributed by atoms with Crippen molar-refractivity contribution < 1.29 is 14.3 Å². The summed E-state index contributed by atoms with van der Waals surface area (Å²) < 4.78 is 10.0. The van der Waals surface area contributed by atoms with Crippen LogP contribution in [0.4, 0.5) is 0 Å². The van der Waals surface area contributed by atoms with Gasteiger partial charge in [-0.3, -0.25) is 4.79 Å². The van der Waals surface area contributed by atoms with Crippen molar-refractivity contribution in [3.05, 3.63) is 29.8 Å². The first-order valence-corrected chi connectivity index (χ1v) is 8.42. The van der Waals surface area contributed by atoms with E-state index in [0.29, 0.717) is 6.54 Å². The number of carbonyl (C=O) groups is 1. The highest BCUT2D eigenvalue weighted by atomic mass is 16.5. The zero-order valence-corrected chi connectivity index (χ0v) is 14.7. The van der Waals surface area contributed by atoms with Crippen molar-refractivity contribution in [3.63, 3.8) is 0 Å². The van der Waals surface area contributed by atoms with Gasteiger partial charge in [0.25, 0.3) is 0 Å². The summed E-state index contributed by atoms with van der Waals surface area (Å²) in [5.74, 6) is 1.65. The van der Waals surface area contributed by atoms with Crippen molar-refractivity contribution in [1.29, 1.82) is 0 Å². The van der Waals surface area contributed by atoms with E-state index >= 15 is 0 Å². The molecule has 1 N–H and O–H groups in total. The summed E-state index contributed by atoms with van der Waals surface area (Å²) in [5, 5.41) is 3.34. The van der Waals surface area contributed by atoms with Crippen LogP contribution in [0.3, 0.4) is 0 Å². The van der Waals surface area contributed by atoms with E-state index in [1.54, 1.807) is 7.11 Å². The van der Waals surface area contributed by atoms with Crippen molar-refractivity contribution in [3.8, 4) is 5.75 Å². The number of guanidine groups is 1. The molecule has 1 saturated heterocycles. The summed E-state index contributed by atoms with van der Waals surface area (Å²) >= 11 is 0. The van der Waals surface area contributed by atoms with E-state index in [9.17, 15) is 4.79 Å². The van der Waals surface area contributed by atoms with Gasteiger partial charge in [0, 0.05) is 19.6 Å². The molecule has 0 bridgehead atoms. The van der Waals surface area contributed by atoms with Crippen molar-refractivity contribution in [1.82, 2.24) is 10.2 Å². The second-order valence-corrected chi connectivity index (χ2v) is 5.80. The number of nitrogens with zero attached hydrogens (tertiary/aromatic N) is 2. The van der Waals surface area contributed by atoms with Gasteiger partial charge in [0.05, 0.1) is 26.7 Å². The van der Waals surface area contributed by atoms with Gasteiger partial charge in [-0.25, -0.2) is 4.99 Å². The Morgan fingerprint density at radius 1 is 1.25 bits per heavy atom. The second kappa shape index (κ2) is 9.15. The molecule has 2 rings (SSSR count). The van der Waals surface area contributed by atoms with E-state index in [-0.39, 0.29) is 11.9 Å². The average molecular weight is 333 g/mol. The van der Waals surface area contributed by atoms with Gasteiger partial charge in [-0.1, -0.05) is 12.1 Å². The fourth-order valence-electron chi connectivity index (χ4n) is 2.82. The molecular formula is C18H27N3O3. The molecule has 0 atom stereocenters. The fourth-order valence-corrected chi connectivity index (χ4v) is 2.82. The van der Waals surface area contributed by atoms with Crippen LogP contribution in [-0.4, -0.2) is 50.7 Å². The number of esters is 1. The van der Waals surface area contributed by atoms with Crippen LogP contribution in [0, 0.1) is 5.92 Å². The van der Waals surface area contributed by atoms with Gasteiger partial charge in [0.1, 0.15) is 5.75 Å². The third-order valence-electron chi connectivity index (χ3n) is 4.23. The van der Waals surface area contributed by atoms with E-state index in [0.717, 1.165) is 49.7 Å². The van der Waals surface area contributed by atoms with Crippen LogP contribution in [0.5, 0.6) is 5.75 Å². The van der Waals surface area contributed by atoms with Crippen LogP contribution in [0.1, 0.15) is 25.3 Å². The number of hydrogen-bond acceptors (Lipinski definition) is 4. The topological polar surface area (TPSA) is 63.2 Å². The summed E-state index contributed by atoms with van der Waals surface area (Å²) in [7, 11) is 3.11. The van der Waals surface area contributed by atoms with Crippen molar-refractivity contribution in [2.75, 3.05) is 33.9 Å². The highest BCUT2D eigenvalue weighted by Gasteiger charge is 2.26. The standard InChI is InChI=1S/C18H27N3O3/c1-4-19-18(20-13-14-5-7-16(23-2)8-6-14)21-11-9-15(10-12-21)17(22)24-3/h5-8,15H,4,9-13H2,1-3H3,(H,19,20). The number of hydrogen-bond donors (Lipinski definition) is 1. The maximum Gasteiger partial charge on any atom is 0.308 e. The average Bonchev–Trinajstić information content (AvgIpc) is 2.65. The van der Waals surface area contributed by atoms with E-state index < -0.39 is 0 Å². The molecule has 0 unspecified atom stereocenters. The Labute approximate surface area is 143 Å². The first-order valence-electron chi connectivity index (χ1n) is 8.42. The summed E-state index contributed by atoms with van der Waals surface area (Å²) in [5.41, 5.74) is 1.13. The molecule has 1 aromatic rings. The number of piperidine rings is 1. The van der Waals surface area contributed by atoms with Gasteiger partial charge in [0.15, 0.2) is 5.96 Å². The van der Waals surface area contributed by atoms with Crippen LogP contribution >= 0.6 is 0 Å². The molecule has 0 saturated carbocycles. The lowest BCUT2D eigenvalue weighted by molar-refractivity contribution is -0.146. The molecule has 1 heterocycles. The summed E-state index contributed by atoms with van der Waals surface area (Å²) in [6.07, 6.45) is 1.61. The lowest BCUT2D eigenvalue weighted by Crippen LogP contribution is -2.46. The highest BCUT2D eigenvalue weighted by molar-refractivity contribution is 5.80. The fraction of sp³-hybridized carbons (Fsp3) is 0.556. The van der Waals surface area contributed by atoms with Crippen LogP contribution in [0.25, 0.3) is 0 Å². The van der Waals surface area contributed by atoms with Gasteiger partial charge >= 0.3 is 5.97 Å². The number of nitrogens with one attached hydrogen (secondary N) is 1. The molecule has 0 spiro atoms. The maximum absolute atomic E-state index is 11.6. The molecule has 1 aromatic carbocycles. The summed E-state index contributed by atoms with van der Waals surface area (Å²) in [4.78, 5) is 18.6. The maximum atomic E-state index is 11.6. The first-order chi connectivity index (χ1) is 11.7. The Kier molecular flexibility index (Phi) is 6.90. The third-order valence-corrected chi connectivity index (χ3v) is 4.23. The molecule has 0 amide bonds. The van der Waals surface area contributed by atoms with Gasteiger partial charge in [-0.05, 0) is 37.5 Å². The summed E-state index contributed by atoms with van der Waals surface area (Å²) in [6, 6.07) is 7.93. The van der Waals surface area contributed by atoms with E-state index in [1.165, 1.54) is 7.11 Å². The van der Waals surface area contributed by atoms with Crippen molar-refractivity contribution in [2.24, 2.45) is 10.9 Å². The minimum Gasteiger partial charge on any atom is -0.497 e. The quantitative estimate of drug-likeness (QED) is 0.508. The zero-order chi connectivity index (χ0) is 17.4. The Hall–Kier alpha value is -2.24. The van der Waals surface area contributed by atoms with E-state index in [1.807, 2.05) is 24.3 Å². The smallest absolute Gasteiger partial charge is 0.308 e. The molecular weight excluding hydrogens is 306 g/mol. The molecule has 1 aliphatic heterocycles. The molecule has 0 aromatic heterocycles. The number of methoxy groups -OCH3 is 2. The zero-order valence-electron chi connectivity index (χ0n) is 14.7. The summed E-state index contributed by atoms with van der Waals surface area (Å²) in [6.45, 7) is 5.12. The van der Waals surface area contributed by atoms with Crippen LogP contribution in [0.15, 0.2) is 29.3 Å². The lowest BCUT2D eigenvalue weighted by atomic mass is 9.97. The molecule has 6 nitrogen and oxygen atoms in total. The predicted molar refractivity (Wildman–Crippen MR) is 94.1 cm³/mol. The van der Waals surface area contributed by atoms with Gasteiger partial charge in [0.2, 0.25) is 0 Å². The van der Waals surface area contributed by atoms with Gasteiger partial charge < -0.3 is 19.7 Å². The van der Waals surface area contributed by atoms with Gasteiger partial charge in [-0.2, -0.15) is 0 Å². The number of ether oxygens (including phenoxy) is 2. The number of carbonyl (C=O) groups excluding carboxylic acids is 1. The minimum absolute atomic E-state index is 0.00992. The van der Waals surface area contributed by atoms with Crippen LogP contribution < -0.4 is 10.1 Å². The van der Waals surface area contributed by atoms with Crippen LogP contribution in [-0.2, 0) is 16.1 Å². The minimum atomic E-state index is -0.102.